The molecule has 0 saturated heterocycles. The fourth-order valence-corrected chi connectivity index (χ4v) is 2.05. The van der Waals surface area contributed by atoms with Gasteiger partial charge in [-0.2, -0.15) is 0 Å². The van der Waals surface area contributed by atoms with Crippen LogP contribution in [0.25, 0.3) is 0 Å². The summed E-state index contributed by atoms with van der Waals surface area (Å²) >= 11 is 0. The van der Waals surface area contributed by atoms with Crippen LogP contribution in [-0.2, 0) is 0 Å². The summed E-state index contributed by atoms with van der Waals surface area (Å²) < 4.78 is 5.76. The number of nitrogens with zero attached hydrogens (tertiary/aromatic N) is 1. The normalized spacial score (nSPS) is 24.3. The molecule has 1 aromatic carbocycles. The highest BCUT2D eigenvalue weighted by atomic mass is 16.6. The molecule has 0 bridgehead atoms. The van der Waals surface area contributed by atoms with Crippen LogP contribution >= 0.6 is 0 Å². The predicted molar refractivity (Wildman–Crippen MR) is 64.0 cm³/mol. The summed E-state index contributed by atoms with van der Waals surface area (Å²) in [6.07, 6.45) is 4.07. The molecule has 5 nitrogen and oxygen atoms in total. The number of rotatable bonds is 3. The second-order valence-electron chi connectivity index (χ2n) is 4.41. The van der Waals surface area contributed by atoms with E-state index >= 15 is 0 Å². The van der Waals surface area contributed by atoms with Crippen LogP contribution in [0.2, 0.25) is 0 Å². The Morgan fingerprint density at radius 3 is 2.29 bits per heavy atom. The van der Waals surface area contributed by atoms with Crippen LogP contribution < -0.4 is 10.5 Å². The van der Waals surface area contributed by atoms with Crippen molar-refractivity contribution in [2.24, 2.45) is 5.73 Å². The highest BCUT2D eigenvalue weighted by Gasteiger charge is 2.19. The SMILES string of the molecule is N[C@H]1CC[C@H](Oc2ccc([N+](=O)[O-])cc2)CC1. The summed E-state index contributed by atoms with van der Waals surface area (Å²) in [5, 5.41) is 10.5. The second kappa shape index (κ2) is 5.14. The Balaban J connectivity index is 1.92. The lowest BCUT2D eigenvalue weighted by atomic mass is 9.94. The van der Waals surface area contributed by atoms with Crippen molar-refractivity contribution in [2.45, 2.75) is 37.8 Å². The molecule has 0 spiro atoms. The third-order valence-corrected chi connectivity index (χ3v) is 3.07. The fraction of sp³-hybridized carbons (Fsp3) is 0.500. The summed E-state index contributed by atoms with van der Waals surface area (Å²) in [6.45, 7) is 0. The van der Waals surface area contributed by atoms with Gasteiger partial charge in [0, 0.05) is 18.2 Å². The fourth-order valence-electron chi connectivity index (χ4n) is 2.05. The molecular weight excluding hydrogens is 220 g/mol. The zero-order chi connectivity index (χ0) is 12.3. The molecule has 1 fully saturated rings. The molecule has 0 atom stereocenters. The van der Waals surface area contributed by atoms with E-state index < -0.39 is 4.92 Å². The zero-order valence-corrected chi connectivity index (χ0v) is 9.54. The Labute approximate surface area is 99.7 Å². The van der Waals surface area contributed by atoms with Gasteiger partial charge in [-0.05, 0) is 37.8 Å². The van der Waals surface area contributed by atoms with Crippen LogP contribution in [0.15, 0.2) is 24.3 Å². The van der Waals surface area contributed by atoms with Crippen LogP contribution in [0.3, 0.4) is 0 Å². The zero-order valence-electron chi connectivity index (χ0n) is 9.54. The van der Waals surface area contributed by atoms with Gasteiger partial charge in [0.1, 0.15) is 5.75 Å². The monoisotopic (exact) mass is 236 g/mol. The van der Waals surface area contributed by atoms with Gasteiger partial charge in [-0.3, -0.25) is 10.1 Å². The Hall–Kier alpha value is -1.62. The summed E-state index contributed by atoms with van der Waals surface area (Å²) in [6, 6.07) is 6.51. The smallest absolute Gasteiger partial charge is 0.269 e. The highest BCUT2D eigenvalue weighted by molar-refractivity contribution is 5.36. The summed E-state index contributed by atoms with van der Waals surface area (Å²) in [5.41, 5.74) is 5.90. The molecule has 0 aliphatic heterocycles. The minimum absolute atomic E-state index is 0.0861. The highest BCUT2D eigenvalue weighted by Crippen LogP contribution is 2.24. The minimum atomic E-state index is -0.413. The number of hydrogen-bond donors (Lipinski definition) is 1. The van der Waals surface area contributed by atoms with Crippen molar-refractivity contribution in [2.75, 3.05) is 0 Å². The molecule has 92 valence electrons. The van der Waals surface area contributed by atoms with Crippen LogP contribution in [0.5, 0.6) is 5.75 Å². The number of nitro groups is 1. The van der Waals surface area contributed by atoms with Crippen LogP contribution in [0, 0.1) is 10.1 Å². The molecule has 2 rings (SSSR count). The number of nitro benzene ring substituents is 1. The first-order chi connectivity index (χ1) is 8.15. The molecule has 5 heteroatoms. The Kier molecular flexibility index (Phi) is 3.58. The first-order valence-corrected chi connectivity index (χ1v) is 5.82. The molecule has 1 saturated carbocycles. The first kappa shape index (κ1) is 11.9. The van der Waals surface area contributed by atoms with E-state index in [-0.39, 0.29) is 11.8 Å². The largest absolute Gasteiger partial charge is 0.490 e. The van der Waals surface area contributed by atoms with Crippen molar-refractivity contribution in [3.63, 3.8) is 0 Å². The van der Waals surface area contributed by atoms with Gasteiger partial charge < -0.3 is 10.5 Å². The molecule has 1 aromatic rings. The topological polar surface area (TPSA) is 78.4 Å². The second-order valence-corrected chi connectivity index (χ2v) is 4.41. The third kappa shape index (κ3) is 3.17. The maximum atomic E-state index is 10.5. The van der Waals surface area contributed by atoms with E-state index in [2.05, 4.69) is 0 Å². The van der Waals surface area contributed by atoms with Gasteiger partial charge in [0.05, 0.1) is 11.0 Å². The first-order valence-electron chi connectivity index (χ1n) is 5.82. The molecular formula is C12H16N2O3. The van der Waals surface area contributed by atoms with Gasteiger partial charge in [0.15, 0.2) is 0 Å². The van der Waals surface area contributed by atoms with Crippen molar-refractivity contribution in [1.82, 2.24) is 0 Å². The molecule has 0 unspecified atom stereocenters. The number of nitrogens with two attached hydrogens (primary N) is 1. The van der Waals surface area contributed by atoms with E-state index in [4.69, 9.17) is 10.5 Å². The summed E-state index contributed by atoms with van der Waals surface area (Å²) in [5.74, 6) is 0.691. The summed E-state index contributed by atoms with van der Waals surface area (Å²) in [7, 11) is 0. The molecule has 0 aromatic heterocycles. The Morgan fingerprint density at radius 1 is 1.18 bits per heavy atom. The van der Waals surface area contributed by atoms with Gasteiger partial charge in [-0.15, -0.1) is 0 Å². The van der Waals surface area contributed by atoms with Gasteiger partial charge in [-0.1, -0.05) is 0 Å². The van der Waals surface area contributed by atoms with Crippen molar-refractivity contribution < 1.29 is 9.66 Å². The molecule has 1 aliphatic carbocycles. The van der Waals surface area contributed by atoms with E-state index in [0.29, 0.717) is 11.8 Å². The van der Waals surface area contributed by atoms with Gasteiger partial charge in [-0.25, -0.2) is 0 Å². The number of non-ortho nitro benzene ring substituents is 1. The molecule has 1 aliphatic rings. The minimum Gasteiger partial charge on any atom is -0.490 e. The molecule has 0 amide bonds. The molecule has 17 heavy (non-hydrogen) atoms. The number of benzene rings is 1. The third-order valence-electron chi connectivity index (χ3n) is 3.07. The molecule has 0 radical (unpaired) electrons. The lowest BCUT2D eigenvalue weighted by Gasteiger charge is -2.26. The maximum absolute atomic E-state index is 10.5. The van der Waals surface area contributed by atoms with E-state index in [1.54, 1.807) is 12.1 Å². The van der Waals surface area contributed by atoms with Crippen LogP contribution in [0.4, 0.5) is 5.69 Å². The van der Waals surface area contributed by atoms with Crippen LogP contribution in [0.1, 0.15) is 25.7 Å². The predicted octanol–water partition coefficient (Wildman–Crippen LogP) is 2.24. The average molecular weight is 236 g/mol. The standard InChI is InChI=1S/C12H16N2O3/c13-9-1-5-11(6-2-9)17-12-7-3-10(4-8-12)14(15)16/h3-4,7-9,11H,1-2,5-6,13H2/t9-,11-. The van der Waals surface area contributed by atoms with Crippen molar-refractivity contribution >= 4 is 5.69 Å². The van der Waals surface area contributed by atoms with E-state index in [1.165, 1.54) is 12.1 Å². The van der Waals surface area contributed by atoms with Crippen LogP contribution in [-0.4, -0.2) is 17.1 Å². The Bertz CT molecular complexity index is 383. The number of hydrogen-bond acceptors (Lipinski definition) is 4. The van der Waals surface area contributed by atoms with Crippen molar-refractivity contribution in [3.05, 3.63) is 34.4 Å². The van der Waals surface area contributed by atoms with Gasteiger partial charge >= 0.3 is 0 Å². The average Bonchev–Trinajstić information content (AvgIpc) is 2.33. The maximum Gasteiger partial charge on any atom is 0.269 e. The molecule has 2 N–H and O–H groups in total. The van der Waals surface area contributed by atoms with Crippen molar-refractivity contribution in [3.8, 4) is 5.75 Å². The quantitative estimate of drug-likeness (QED) is 0.644. The Morgan fingerprint density at radius 2 is 1.76 bits per heavy atom. The van der Waals surface area contributed by atoms with E-state index in [1.807, 2.05) is 0 Å². The lowest BCUT2D eigenvalue weighted by molar-refractivity contribution is -0.384. The van der Waals surface area contributed by atoms with E-state index in [9.17, 15) is 10.1 Å². The van der Waals surface area contributed by atoms with Crippen molar-refractivity contribution in [1.29, 1.82) is 0 Å². The number of ether oxygens (including phenoxy) is 1. The lowest BCUT2D eigenvalue weighted by Crippen LogP contribution is -2.31. The van der Waals surface area contributed by atoms with E-state index in [0.717, 1.165) is 25.7 Å². The molecule has 0 heterocycles. The van der Waals surface area contributed by atoms with Gasteiger partial charge in [0.2, 0.25) is 0 Å². The van der Waals surface area contributed by atoms with Gasteiger partial charge in [0.25, 0.3) is 5.69 Å². The summed E-state index contributed by atoms with van der Waals surface area (Å²) in [4.78, 5) is 10.1.